The van der Waals surface area contributed by atoms with Gasteiger partial charge in [0.05, 0.1) is 81.4 Å². The van der Waals surface area contributed by atoms with Crippen molar-refractivity contribution in [1.82, 2.24) is 55.1 Å². The van der Waals surface area contributed by atoms with E-state index in [-0.39, 0.29) is 64.3 Å². The Morgan fingerprint density at radius 1 is 0.534 bits per heavy atom. The molecule has 4 aromatic heterocycles. The van der Waals surface area contributed by atoms with Crippen molar-refractivity contribution in [3.63, 3.8) is 0 Å². The molecule has 2 amide bonds. The summed E-state index contributed by atoms with van der Waals surface area (Å²) < 4.78 is 118. The molecule has 118 heavy (non-hydrogen) atoms. The third-order valence-electron chi connectivity index (χ3n) is 19.8. The van der Waals surface area contributed by atoms with Crippen LogP contribution in [-0.2, 0) is 37.6 Å². The van der Waals surface area contributed by atoms with Gasteiger partial charge in [-0.05, 0) is 176 Å². The van der Waals surface area contributed by atoms with Crippen LogP contribution >= 0.6 is 105 Å². The van der Waals surface area contributed by atoms with Crippen molar-refractivity contribution in [2.24, 2.45) is 11.8 Å². The van der Waals surface area contributed by atoms with Gasteiger partial charge in [0.15, 0.2) is 0 Å². The minimum absolute atomic E-state index is 0. The van der Waals surface area contributed by atoms with Gasteiger partial charge in [-0.15, -0.1) is 12.4 Å². The number of halogens is 15. The van der Waals surface area contributed by atoms with Crippen molar-refractivity contribution < 1.29 is 73.8 Å². The number of hydrogen-bond acceptors (Lipinski definition) is 25. The summed E-state index contributed by atoms with van der Waals surface area (Å²) in [5.74, 6) is 1.94. The van der Waals surface area contributed by atoms with Crippen molar-refractivity contribution >= 4 is 171 Å². The van der Waals surface area contributed by atoms with Crippen LogP contribution in [0.15, 0.2) is 54.6 Å². The predicted octanol–water partition coefficient (Wildman–Crippen LogP) is 15.0. The van der Waals surface area contributed by atoms with Crippen LogP contribution in [0.4, 0.5) is 66.0 Å². The van der Waals surface area contributed by atoms with Gasteiger partial charge in [0.25, 0.3) is 0 Å². The largest absolute Gasteiger partial charge is 0.495 e. The minimum Gasteiger partial charge on any atom is -0.399 e. The Balaban J connectivity index is 0.000000217. The molecule has 1 saturated carbocycles. The number of amides is 2. The number of aromatic nitrogens is 9. The van der Waals surface area contributed by atoms with Gasteiger partial charge >= 0.3 is 32.6 Å². The van der Waals surface area contributed by atoms with Gasteiger partial charge in [0.2, 0.25) is 33.0 Å². The molecule has 8 fully saturated rings. The number of hydrogen-bond donors (Lipinski definition) is 5. The van der Waals surface area contributed by atoms with Crippen molar-refractivity contribution in [1.29, 1.82) is 0 Å². The molecule has 6 N–H and O–H groups in total. The van der Waals surface area contributed by atoms with E-state index in [0.717, 1.165) is 131 Å². The van der Waals surface area contributed by atoms with Crippen LogP contribution in [0.25, 0.3) is 0 Å². The van der Waals surface area contributed by atoms with Crippen LogP contribution < -0.4 is 47.3 Å². The molecule has 6 aromatic rings. The zero-order valence-electron chi connectivity index (χ0n) is 67.7. The van der Waals surface area contributed by atoms with Gasteiger partial charge in [-0.2, -0.15) is 46.3 Å². The van der Waals surface area contributed by atoms with E-state index in [1.54, 1.807) is 31.2 Å². The zero-order valence-corrected chi connectivity index (χ0v) is 74.5. The van der Waals surface area contributed by atoms with E-state index >= 15 is 0 Å². The highest BCUT2D eigenvalue weighted by Gasteiger charge is 2.53. The predicted molar refractivity (Wildman–Crippen MR) is 456 cm³/mol. The second-order valence-corrected chi connectivity index (χ2v) is 33.1. The maximum Gasteiger partial charge on any atom is 0.495 e. The fraction of sp³-hybridized carbons (Fsp3) is 0.622. The number of aryl methyl sites for hydroxylation is 2. The van der Waals surface area contributed by atoms with E-state index in [1.807, 2.05) is 70.7 Å². The van der Waals surface area contributed by atoms with Gasteiger partial charge in [0.1, 0.15) is 32.2 Å². The summed E-state index contributed by atoms with van der Waals surface area (Å²) in [4.78, 5) is 55.0. The molecule has 44 heteroatoms. The number of carbonyl (C=O) groups excluding carboxylic acids is 1. The third kappa shape index (κ3) is 34.9. The highest BCUT2D eigenvalue weighted by molar-refractivity contribution is 6.63. The number of nitrogens with two attached hydrogens (primary N) is 1. The molecule has 656 valence electrons. The van der Waals surface area contributed by atoms with Crippen LogP contribution in [0.5, 0.6) is 0 Å². The van der Waals surface area contributed by atoms with Crippen molar-refractivity contribution in [3.05, 3.63) is 107 Å². The van der Waals surface area contributed by atoms with Gasteiger partial charge < -0.3 is 84.0 Å². The lowest BCUT2D eigenvalue weighted by atomic mass is 9.76. The summed E-state index contributed by atoms with van der Waals surface area (Å²) in [6.45, 7) is 35.4. The maximum atomic E-state index is 12.6. The summed E-state index contributed by atoms with van der Waals surface area (Å²) in [5.41, 5.74) is 9.47. The van der Waals surface area contributed by atoms with E-state index in [0.29, 0.717) is 97.3 Å². The van der Waals surface area contributed by atoms with E-state index in [9.17, 15) is 36.2 Å². The number of nitrogens with zero attached hydrogens (tertiary/aromatic N) is 13. The van der Waals surface area contributed by atoms with Crippen molar-refractivity contribution in [3.8, 4) is 0 Å². The number of alkyl halides is 6. The van der Waals surface area contributed by atoms with Gasteiger partial charge in [0, 0.05) is 114 Å². The lowest BCUT2D eigenvalue weighted by Crippen LogP contribution is -2.41. The quantitative estimate of drug-likeness (QED) is 0.0265. The van der Waals surface area contributed by atoms with Gasteiger partial charge in [-0.3, -0.25) is 0 Å². The number of morpholine rings is 4. The molecular weight excluding hydrogens is 1740 g/mol. The molecule has 0 bridgehead atoms. The topological polar surface area (TPSA) is 302 Å². The number of likely N-dealkylation sites (tertiary alicyclic amines) is 1. The van der Waals surface area contributed by atoms with Gasteiger partial charge in [-0.25, -0.2) is 29.7 Å². The summed E-state index contributed by atoms with van der Waals surface area (Å²) >= 11 is 45.0. The van der Waals surface area contributed by atoms with Crippen LogP contribution in [0, 0.1) is 25.7 Å². The molecule has 7 saturated heterocycles. The van der Waals surface area contributed by atoms with Crippen LogP contribution in [0.3, 0.4) is 0 Å². The Bertz CT molecular complexity index is 3900. The molecule has 7 aliphatic heterocycles. The Morgan fingerprint density at radius 2 is 0.941 bits per heavy atom. The Kier molecular flexibility index (Phi) is 41.1. The van der Waals surface area contributed by atoms with E-state index in [1.165, 1.54) is 11.0 Å². The number of benzene rings is 2. The molecule has 14 rings (SSSR count). The molecular formula is C74H104B2Cl9F6N17O10. The van der Waals surface area contributed by atoms with Crippen molar-refractivity contribution in [2.45, 2.75) is 162 Å². The maximum absolute atomic E-state index is 12.6. The minimum atomic E-state index is -4.20. The average Bonchev–Trinajstić information content (AvgIpc) is 1.63. The fourth-order valence-electron chi connectivity index (χ4n) is 12.2. The number of anilines is 6. The summed E-state index contributed by atoms with van der Waals surface area (Å²) in [5, 5.41) is 19.8. The third-order valence-corrected chi connectivity index (χ3v) is 21.3. The lowest BCUT2D eigenvalue weighted by Gasteiger charge is -2.32. The number of ether oxygens (including phenoxy) is 4. The Labute approximate surface area is 732 Å². The first-order valence-electron chi connectivity index (χ1n) is 38.2. The summed E-state index contributed by atoms with van der Waals surface area (Å²) in [7, 11) is -0.886. The lowest BCUT2D eigenvalue weighted by molar-refractivity contribution is -0.144. The van der Waals surface area contributed by atoms with Gasteiger partial charge in [-0.1, -0.05) is 95.3 Å². The monoisotopic (exact) mass is 1840 g/mol. The number of nitrogens with one attached hydrogen (secondary N) is 3. The Hall–Kier alpha value is -5.12. The SMILES string of the molecule is C1COCCN1.C[C@@H](O)CNc1nc(Cl)cc(N2CCOCC2)n1.Cc1ccc(N)cc1B1OC(C)(C)C(C)(C)O1.Cc1ccc(NC(=O)N2CC[C@@H](CC(F)(F)F)C2)cc1B1OC(C)(C)C(C)(C)O1.Cl.Clc1cc(Cl)nc(N2CCOCC2)n1.Clc1cc(N2CCOCC2)nc(Cl)n1.Clc1nc(Cl)nc(Cl)n1.FC(F)(F)CC1CCCC1. The second-order valence-electron chi connectivity index (χ2n) is 30.2. The van der Waals surface area contributed by atoms with Crippen LogP contribution in [0.1, 0.15) is 118 Å². The fourth-order valence-corrected chi connectivity index (χ4v) is 13.8. The molecule has 0 spiro atoms. The first-order chi connectivity index (χ1) is 54.9. The molecule has 2 atom stereocenters. The number of urea groups is 1. The first-order valence-corrected chi connectivity index (χ1v) is 41.2. The molecule has 0 unspecified atom stereocenters. The van der Waals surface area contributed by atoms with Crippen molar-refractivity contribution in [2.75, 3.05) is 156 Å². The summed E-state index contributed by atoms with van der Waals surface area (Å²) in [6.07, 6.45) is -6.12. The molecule has 2 aromatic carbocycles. The molecule has 8 aliphatic rings. The number of rotatable bonds is 11. The van der Waals surface area contributed by atoms with Crippen LogP contribution in [-0.4, -0.2) is 241 Å². The van der Waals surface area contributed by atoms with E-state index < -0.39 is 61.6 Å². The number of aliphatic hydroxyl groups excluding tert-OH is 1. The number of aliphatic hydroxyl groups is 1. The highest BCUT2D eigenvalue weighted by Crippen LogP contribution is 2.40. The Morgan fingerprint density at radius 3 is 1.37 bits per heavy atom. The molecule has 1 aliphatic carbocycles. The highest BCUT2D eigenvalue weighted by atomic mass is 35.5. The van der Waals surface area contributed by atoms with Crippen LogP contribution in [0.2, 0.25) is 41.7 Å². The molecule has 27 nitrogen and oxygen atoms in total. The molecule has 11 heterocycles. The first kappa shape index (κ1) is 102. The standard InChI is InChI=1S/C20H28BF3N2O3.C13H20BNO2.C11H17ClN4O2.2C8H9Cl2N3O.C7H11F3.C4H9NO.C3Cl3N3.ClH/c1-13-6-7-15(10-16(13)21-28-18(2,3)19(4,5)29-21)25-17(27)26-9-8-14(12-26)11-20(22,23)24;1-9-6-7-10(15)8-11(9)14-16-12(2,3)13(4,5)17-14;1-8(17)7-13-11-14-9(12)6-10(15-11)16-2-4-18-5-3-16;9-6-5-7(12-8(10)11-6)13-1-3-14-4-2-13;9-6-5-7(10)12-8(11-6)13-1-3-14-4-2-13;8-7(9,10)5-6-3-1-2-4-6;1-3-6-4-2-5-1;4-1-7-2(5)9-3(6)8-1;/h6-7,10,14H,8-9,11-12H2,1-5H3,(H,25,27);6-8H,15H2,1-5H3;6,8,17H,2-5,7H2,1H3,(H,13,14,15);2*5H,1-4H2;6H,1-5H2;5H,1-4H2;;1H/t14-;;8-;;;;;;/m0.1....../s1. The van der Waals surface area contributed by atoms with E-state index in [2.05, 4.69) is 98.3 Å². The number of carbonyl (C=O) groups is 1. The average molecular weight is 1850 g/mol. The second kappa shape index (κ2) is 47.7. The zero-order chi connectivity index (χ0) is 86.1. The van der Waals surface area contributed by atoms with E-state index in [4.69, 9.17) is 136 Å². The smallest absolute Gasteiger partial charge is 0.399 e. The summed E-state index contributed by atoms with van der Waals surface area (Å²) in [6, 6.07) is 15.8. The normalized spacial score (nSPS) is 19.5. The number of nitrogen functional groups attached to an aromatic ring is 1. The molecule has 0 radical (unpaired) electrons.